The quantitative estimate of drug-likeness (QED) is 0.655. The number of rotatable bonds is 9. The minimum Gasteiger partial charge on any atom is -0.342 e. The highest BCUT2D eigenvalue weighted by Gasteiger charge is 2.18. The smallest absolute Gasteiger partial charge is 0.236 e. The summed E-state index contributed by atoms with van der Waals surface area (Å²) in [6, 6.07) is 0. The molecule has 0 aromatic carbocycles. The normalized spacial score (nSPS) is 9.90. The van der Waals surface area contributed by atoms with Crippen molar-refractivity contribution >= 4 is 11.8 Å². The van der Waals surface area contributed by atoms with Gasteiger partial charge in [0.1, 0.15) is 0 Å². The minimum atomic E-state index is 0.0965. The second kappa shape index (κ2) is 13.9. The number of hydrogen-bond acceptors (Lipinski definition) is 3. The van der Waals surface area contributed by atoms with Gasteiger partial charge in [-0.2, -0.15) is 0 Å². The molecule has 21 heavy (non-hydrogen) atoms. The van der Waals surface area contributed by atoms with Crippen molar-refractivity contribution in [3.05, 3.63) is 0 Å². The van der Waals surface area contributed by atoms with Gasteiger partial charge in [-0.25, -0.2) is 0 Å². The Kier molecular flexibility index (Phi) is 14.6. The molecule has 0 aliphatic carbocycles. The molecule has 2 amide bonds. The monoisotopic (exact) mass is 301 g/mol. The lowest BCUT2D eigenvalue weighted by atomic mass is 10.3. The van der Waals surface area contributed by atoms with E-state index in [9.17, 15) is 9.59 Å². The van der Waals surface area contributed by atoms with Crippen LogP contribution in [-0.4, -0.2) is 72.3 Å². The molecule has 0 unspecified atom stereocenters. The van der Waals surface area contributed by atoms with Gasteiger partial charge in [-0.05, 0) is 34.2 Å². The summed E-state index contributed by atoms with van der Waals surface area (Å²) in [5, 5.41) is 0. The molecule has 0 aliphatic heterocycles. The van der Waals surface area contributed by atoms with Crippen molar-refractivity contribution in [3.63, 3.8) is 0 Å². The van der Waals surface area contributed by atoms with Gasteiger partial charge in [-0.3, -0.25) is 14.5 Å². The first kappa shape index (κ1) is 22.2. The van der Waals surface area contributed by atoms with E-state index in [-0.39, 0.29) is 11.8 Å². The third-order valence-corrected chi connectivity index (χ3v) is 3.40. The fourth-order valence-electron chi connectivity index (χ4n) is 2.01. The average Bonchev–Trinajstić information content (AvgIpc) is 2.51. The second-order valence-corrected chi connectivity index (χ2v) is 4.44. The van der Waals surface area contributed by atoms with Crippen LogP contribution in [-0.2, 0) is 9.59 Å². The molecule has 5 heteroatoms. The summed E-state index contributed by atoms with van der Waals surface area (Å²) in [6.07, 6.45) is 0. The highest BCUT2D eigenvalue weighted by atomic mass is 16.2. The van der Waals surface area contributed by atoms with Gasteiger partial charge < -0.3 is 9.80 Å². The molecule has 5 nitrogen and oxygen atoms in total. The molecule has 126 valence electrons. The van der Waals surface area contributed by atoms with Gasteiger partial charge in [0.2, 0.25) is 11.8 Å². The zero-order chi connectivity index (χ0) is 16.8. The van der Waals surface area contributed by atoms with Crippen molar-refractivity contribution in [2.24, 2.45) is 0 Å². The number of amides is 2. The molecule has 0 spiro atoms. The maximum absolute atomic E-state index is 12.0. The predicted molar refractivity (Wildman–Crippen MR) is 89.3 cm³/mol. The third kappa shape index (κ3) is 8.71. The number of carbonyl (C=O) groups excluding carboxylic acids is 2. The molecule has 0 heterocycles. The van der Waals surface area contributed by atoms with Crippen molar-refractivity contribution in [1.29, 1.82) is 0 Å². The van der Waals surface area contributed by atoms with E-state index in [4.69, 9.17) is 0 Å². The highest BCUT2D eigenvalue weighted by molar-refractivity contribution is 5.81. The molecule has 0 aromatic heterocycles. The van der Waals surface area contributed by atoms with Crippen LogP contribution in [0.2, 0.25) is 0 Å². The van der Waals surface area contributed by atoms with Crippen molar-refractivity contribution in [1.82, 2.24) is 14.7 Å². The van der Waals surface area contributed by atoms with E-state index in [0.29, 0.717) is 19.6 Å². The summed E-state index contributed by atoms with van der Waals surface area (Å²) >= 11 is 0. The van der Waals surface area contributed by atoms with E-state index in [0.717, 1.165) is 26.2 Å². The van der Waals surface area contributed by atoms with Gasteiger partial charge in [-0.1, -0.05) is 20.8 Å². The van der Waals surface area contributed by atoms with Crippen molar-refractivity contribution < 1.29 is 9.59 Å². The fraction of sp³-hybridized carbons (Fsp3) is 0.875. The largest absolute Gasteiger partial charge is 0.342 e. The van der Waals surface area contributed by atoms with Crippen LogP contribution in [0.4, 0.5) is 0 Å². The lowest BCUT2D eigenvalue weighted by Gasteiger charge is -2.27. The van der Waals surface area contributed by atoms with Gasteiger partial charge in [0.25, 0.3) is 0 Å². The van der Waals surface area contributed by atoms with Crippen molar-refractivity contribution in [3.8, 4) is 0 Å². The van der Waals surface area contributed by atoms with Crippen molar-refractivity contribution in [2.75, 3.05) is 45.8 Å². The zero-order valence-electron chi connectivity index (χ0n) is 15.1. The molecule has 0 bridgehead atoms. The Labute approximate surface area is 131 Å². The van der Waals surface area contributed by atoms with E-state index < -0.39 is 0 Å². The summed E-state index contributed by atoms with van der Waals surface area (Å²) in [6.45, 7) is 18.1. The van der Waals surface area contributed by atoms with Crippen LogP contribution in [0.25, 0.3) is 0 Å². The Hall–Kier alpha value is -1.10. The molecular formula is C16H35N3O2. The van der Waals surface area contributed by atoms with Gasteiger partial charge >= 0.3 is 0 Å². The first-order valence-corrected chi connectivity index (χ1v) is 8.31. The summed E-state index contributed by atoms with van der Waals surface area (Å²) in [4.78, 5) is 29.5. The van der Waals surface area contributed by atoms with Crippen LogP contribution in [0.1, 0.15) is 48.5 Å². The van der Waals surface area contributed by atoms with Crippen LogP contribution in [0.15, 0.2) is 0 Å². The Bertz CT molecular complexity index is 249. The molecular weight excluding hydrogens is 266 g/mol. The third-order valence-electron chi connectivity index (χ3n) is 3.40. The van der Waals surface area contributed by atoms with Crippen LogP contribution in [0.5, 0.6) is 0 Å². The van der Waals surface area contributed by atoms with Crippen LogP contribution >= 0.6 is 0 Å². The number of carbonyl (C=O) groups is 2. The molecule has 0 radical (unpaired) electrons. The molecule has 0 aromatic rings. The lowest BCUT2D eigenvalue weighted by Crippen LogP contribution is -2.45. The Morgan fingerprint density at radius 3 is 1.10 bits per heavy atom. The Morgan fingerprint density at radius 2 is 0.905 bits per heavy atom. The first-order chi connectivity index (χ1) is 10.0. The fourth-order valence-corrected chi connectivity index (χ4v) is 2.01. The lowest BCUT2D eigenvalue weighted by molar-refractivity contribution is -0.135. The standard InChI is InChI=1S/C14H29N3O2.C2H6/c1-6-15(11-13(18)16(7-2)8-3)12-14(19)17(9-4)10-5;1-2/h6-12H2,1-5H3;1-2H3. The topological polar surface area (TPSA) is 43.9 Å². The van der Waals surface area contributed by atoms with Gasteiger partial charge in [0.05, 0.1) is 13.1 Å². The minimum absolute atomic E-state index is 0.0965. The average molecular weight is 301 g/mol. The van der Waals surface area contributed by atoms with Crippen LogP contribution in [0, 0.1) is 0 Å². The Balaban J connectivity index is 0. The maximum Gasteiger partial charge on any atom is 0.236 e. The molecule has 0 saturated carbocycles. The van der Waals surface area contributed by atoms with Crippen LogP contribution < -0.4 is 0 Å². The molecule has 0 N–H and O–H groups in total. The summed E-state index contributed by atoms with van der Waals surface area (Å²) in [5.41, 5.74) is 0. The maximum atomic E-state index is 12.0. The van der Waals surface area contributed by atoms with Crippen LogP contribution in [0.3, 0.4) is 0 Å². The van der Waals surface area contributed by atoms with E-state index in [2.05, 4.69) is 0 Å². The van der Waals surface area contributed by atoms with E-state index in [1.807, 2.05) is 53.4 Å². The summed E-state index contributed by atoms with van der Waals surface area (Å²) < 4.78 is 0. The molecule has 0 saturated heterocycles. The number of nitrogens with zero attached hydrogens (tertiary/aromatic N) is 3. The molecule has 0 fully saturated rings. The van der Waals surface area contributed by atoms with E-state index >= 15 is 0 Å². The molecule has 0 aliphatic rings. The molecule has 0 rings (SSSR count). The van der Waals surface area contributed by atoms with E-state index in [1.54, 1.807) is 9.80 Å². The second-order valence-electron chi connectivity index (χ2n) is 4.44. The van der Waals surface area contributed by atoms with Gasteiger partial charge in [0, 0.05) is 26.2 Å². The molecule has 0 atom stereocenters. The van der Waals surface area contributed by atoms with E-state index in [1.165, 1.54) is 0 Å². The first-order valence-electron chi connectivity index (χ1n) is 8.31. The van der Waals surface area contributed by atoms with Crippen molar-refractivity contribution in [2.45, 2.75) is 48.5 Å². The van der Waals surface area contributed by atoms with Gasteiger partial charge in [0.15, 0.2) is 0 Å². The SMILES string of the molecule is CC.CCN(CC(=O)N(CC)CC)CC(=O)N(CC)CC. The predicted octanol–water partition coefficient (Wildman–Crippen LogP) is 2.07. The zero-order valence-corrected chi connectivity index (χ0v) is 15.1. The number of hydrogen-bond donors (Lipinski definition) is 0. The van der Waals surface area contributed by atoms with Gasteiger partial charge in [-0.15, -0.1) is 0 Å². The highest BCUT2D eigenvalue weighted by Crippen LogP contribution is 1.97. The number of likely N-dealkylation sites (N-methyl/N-ethyl adjacent to an activating group) is 3. The Morgan fingerprint density at radius 1 is 0.619 bits per heavy atom. The summed E-state index contributed by atoms with van der Waals surface area (Å²) in [7, 11) is 0. The summed E-state index contributed by atoms with van der Waals surface area (Å²) in [5.74, 6) is 0.193.